The molecule has 2 N–H and O–H groups in total. The van der Waals surface area contributed by atoms with Crippen molar-refractivity contribution in [3.8, 4) is 0 Å². The average molecular weight is 377 g/mol. The lowest BCUT2D eigenvalue weighted by molar-refractivity contribution is 0.0965. The molecule has 0 aliphatic carbocycles. The summed E-state index contributed by atoms with van der Waals surface area (Å²) in [6, 6.07) is 13.5. The molecule has 4 nitrogen and oxygen atoms in total. The highest BCUT2D eigenvalue weighted by molar-refractivity contribution is 9.10. The molecule has 0 aliphatic heterocycles. The molecule has 0 aromatic heterocycles. The van der Waals surface area contributed by atoms with Gasteiger partial charge < -0.3 is 0 Å². The molecule has 0 aliphatic rings. The largest absolute Gasteiger partial charge is 0.326 e. The molecule has 0 unspecified atom stereocenters. The van der Waals surface area contributed by atoms with E-state index in [0.717, 1.165) is 10.0 Å². The van der Waals surface area contributed by atoms with E-state index >= 15 is 0 Å². The van der Waals surface area contributed by atoms with Crippen LogP contribution in [0, 0.1) is 6.92 Å². The summed E-state index contributed by atoms with van der Waals surface area (Å²) in [5.41, 5.74) is 2.14. The molecule has 0 radical (unpaired) electrons. The van der Waals surface area contributed by atoms with Gasteiger partial charge in [0.15, 0.2) is 0 Å². The zero-order chi connectivity index (χ0) is 16.1. The Morgan fingerprint density at radius 3 is 2.05 bits per heavy atom. The quantitative estimate of drug-likeness (QED) is 0.787. The number of halogens is 1. The van der Waals surface area contributed by atoms with Gasteiger partial charge in [0.05, 0.1) is 0 Å². The van der Waals surface area contributed by atoms with Crippen LogP contribution in [0.25, 0.3) is 0 Å². The molecule has 2 aromatic carbocycles. The first kappa shape index (κ1) is 16.3. The lowest BCUT2D eigenvalue weighted by atomic mass is 10.1. The van der Waals surface area contributed by atoms with Crippen molar-refractivity contribution in [1.82, 2.24) is 10.6 Å². The maximum absolute atomic E-state index is 11.9. The third-order valence-electron chi connectivity index (χ3n) is 2.87. The summed E-state index contributed by atoms with van der Waals surface area (Å²) < 4.78 is 0.915. The summed E-state index contributed by atoms with van der Waals surface area (Å²) >= 11 is 8.45. The van der Waals surface area contributed by atoms with Crippen LogP contribution < -0.4 is 10.6 Å². The molecule has 0 fully saturated rings. The van der Waals surface area contributed by atoms with Crippen LogP contribution in [-0.2, 0) is 0 Å². The standard InChI is InChI=1S/C16H13BrN2O2S/c1-10-2-4-11(5-3-10)14(20)18-16(21)19-15(22)12-6-8-13(17)9-7-12/h2-9H,1H3,(H2,18,19,20,21,22). The van der Waals surface area contributed by atoms with Gasteiger partial charge in [-0.25, -0.2) is 4.79 Å². The van der Waals surface area contributed by atoms with Crippen LogP contribution >= 0.6 is 28.1 Å². The molecule has 0 bridgehead atoms. The van der Waals surface area contributed by atoms with Crippen molar-refractivity contribution in [1.29, 1.82) is 0 Å². The van der Waals surface area contributed by atoms with Gasteiger partial charge in [0, 0.05) is 15.6 Å². The third-order valence-corrected chi connectivity index (χ3v) is 3.74. The normalized spacial score (nSPS) is 9.91. The fraction of sp³-hybridized carbons (Fsp3) is 0.0625. The average Bonchev–Trinajstić information content (AvgIpc) is 2.48. The number of hydrogen-bond donors (Lipinski definition) is 2. The molecule has 3 amide bonds. The number of benzene rings is 2. The maximum Gasteiger partial charge on any atom is 0.326 e. The SMILES string of the molecule is Cc1ccc(C(=O)NC(=O)NC(=S)c2ccc(Br)cc2)cc1. The van der Waals surface area contributed by atoms with Gasteiger partial charge >= 0.3 is 6.03 Å². The van der Waals surface area contributed by atoms with E-state index in [2.05, 4.69) is 26.6 Å². The minimum atomic E-state index is -0.654. The summed E-state index contributed by atoms with van der Waals surface area (Å²) in [5, 5.41) is 4.71. The van der Waals surface area contributed by atoms with Gasteiger partial charge in [-0.2, -0.15) is 0 Å². The van der Waals surface area contributed by atoms with Crippen molar-refractivity contribution in [3.05, 3.63) is 69.7 Å². The summed E-state index contributed by atoms with van der Waals surface area (Å²) in [5.74, 6) is -0.476. The molecule has 2 rings (SSSR count). The monoisotopic (exact) mass is 376 g/mol. The van der Waals surface area contributed by atoms with Gasteiger partial charge in [-0.15, -0.1) is 0 Å². The fourth-order valence-electron chi connectivity index (χ4n) is 1.69. The second-order valence-electron chi connectivity index (χ2n) is 4.61. The van der Waals surface area contributed by atoms with Crippen molar-refractivity contribution in [3.63, 3.8) is 0 Å². The molecule has 0 saturated carbocycles. The first-order valence-corrected chi connectivity index (χ1v) is 7.65. The van der Waals surface area contributed by atoms with E-state index in [1.165, 1.54) is 0 Å². The van der Waals surface area contributed by atoms with Crippen LogP contribution in [0.4, 0.5) is 4.79 Å². The number of carbonyl (C=O) groups is 2. The first-order chi connectivity index (χ1) is 10.5. The highest BCUT2D eigenvalue weighted by Crippen LogP contribution is 2.10. The van der Waals surface area contributed by atoms with Crippen LogP contribution in [0.15, 0.2) is 53.0 Å². The predicted molar refractivity (Wildman–Crippen MR) is 93.0 cm³/mol. The number of urea groups is 1. The van der Waals surface area contributed by atoms with E-state index in [0.29, 0.717) is 11.1 Å². The Hall–Kier alpha value is -2.05. The summed E-state index contributed by atoms with van der Waals surface area (Å²) in [7, 11) is 0. The van der Waals surface area contributed by atoms with Crippen LogP contribution in [0.1, 0.15) is 21.5 Å². The zero-order valence-electron chi connectivity index (χ0n) is 11.7. The number of thiocarbonyl (C=S) groups is 1. The molecule has 0 saturated heterocycles. The van der Waals surface area contributed by atoms with Gasteiger partial charge in [-0.1, -0.05) is 58.0 Å². The van der Waals surface area contributed by atoms with Crippen molar-refractivity contribution in [2.45, 2.75) is 6.92 Å². The van der Waals surface area contributed by atoms with Crippen LogP contribution in [0.3, 0.4) is 0 Å². The highest BCUT2D eigenvalue weighted by atomic mass is 79.9. The van der Waals surface area contributed by atoms with Crippen molar-refractivity contribution >= 4 is 45.1 Å². The topological polar surface area (TPSA) is 58.2 Å². The van der Waals surface area contributed by atoms with Crippen molar-refractivity contribution in [2.75, 3.05) is 0 Å². The predicted octanol–water partition coefficient (Wildman–Crippen LogP) is 3.57. The van der Waals surface area contributed by atoms with Gasteiger partial charge in [-0.3, -0.25) is 15.4 Å². The molecule has 0 heterocycles. The fourth-order valence-corrected chi connectivity index (χ4v) is 2.18. The molecule has 0 spiro atoms. The Bertz CT molecular complexity index is 650. The molecule has 2 aromatic rings. The van der Waals surface area contributed by atoms with Gasteiger partial charge in [0.2, 0.25) is 0 Å². The van der Waals surface area contributed by atoms with Gasteiger partial charge in [-0.05, 0) is 31.2 Å². The van der Waals surface area contributed by atoms with E-state index in [4.69, 9.17) is 12.2 Å². The number of imide groups is 1. The number of amides is 3. The lowest BCUT2D eigenvalue weighted by Crippen LogP contribution is -2.42. The van der Waals surface area contributed by atoms with Crippen molar-refractivity contribution < 1.29 is 9.59 Å². The second-order valence-corrected chi connectivity index (χ2v) is 5.93. The third kappa shape index (κ3) is 4.47. The number of hydrogen-bond acceptors (Lipinski definition) is 3. The highest BCUT2D eigenvalue weighted by Gasteiger charge is 2.12. The Kier molecular flexibility index (Phi) is 5.41. The van der Waals surface area contributed by atoms with E-state index in [9.17, 15) is 9.59 Å². The smallest absolute Gasteiger partial charge is 0.298 e. The Balaban J connectivity index is 1.95. The van der Waals surface area contributed by atoms with Crippen molar-refractivity contribution in [2.24, 2.45) is 0 Å². The lowest BCUT2D eigenvalue weighted by Gasteiger charge is -2.08. The molecular formula is C16H13BrN2O2S. The van der Waals surface area contributed by atoms with E-state index in [1.54, 1.807) is 36.4 Å². The number of rotatable bonds is 2. The van der Waals surface area contributed by atoms with E-state index in [-0.39, 0.29) is 4.99 Å². The molecule has 6 heteroatoms. The number of carbonyl (C=O) groups excluding carboxylic acids is 2. The Morgan fingerprint density at radius 1 is 0.909 bits per heavy atom. The van der Waals surface area contributed by atoms with E-state index < -0.39 is 11.9 Å². The molecule has 0 atom stereocenters. The Labute approximate surface area is 142 Å². The van der Waals surface area contributed by atoms with Crippen LogP contribution in [0.2, 0.25) is 0 Å². The molecule has 112 valence electrons. The summed E-state index contributed by atoms with van der Waals surface area (Å²) in [6.07, 6.45) is 0. The minimum absolute atomic E-state index is 0.252. The summed E-state index contributed by atoms with van der Waals surface area (Å²) in [6.45, 7) is 1.92. The molecule has 22 heavy (non-hydrogen) atoms. The van der Waals surface area contributed by atoms with Gasteiger partial charge in [0.25, 0.3) is 5.91 Å². The summed E-state index contributed by atoms with van der Waals surface area (Å²) in [4.78, 5) is 24.0. The minimum Gasteiger partial charge on any atom is -0.298 e. The first-order valence-electron chi connectivity index (χ1n) is 6.44. The van der Waals surface area contributed by atoms with Crippen LogP contribution in [0.5, 0.6) is 0 Å². The van der Waals surface area contributed by atoms with Crippen LogP contribution in [-0.4, -0.2) is 16.9 Å². The number of aryl methyl sites for hydroxylation is 1. The molecular weight excluding hydrogens is 364 g/mol. The van der Waals surface area contributed by atoms with Gasteiger partial charge in [0.1, 0.15) is 4.99 Å². The Morgan fingerprint density at radius 2 is 1.45 bits per heavy atom. The number of nitrogens with one attached hydrogen (secondary N) is 2. The second kappa shape index (κ2) is 7.29. The zero-order valence-corrected chi connectivity index (χ0v) is 14.1. The maximum atomic E-state index is 11.9. The van der Waals surface area contributed by atoms with E-state index in [1.807, 2.05) is 19.1 Å².